The number of benzene rings is 1. The SMILES string of the molecule is O=C(O)CC12C[C@H]3C[C@H](C1)CC(n1ncc(Nc4cc(Cl)ccc4O)c(Cl)c1=O)(C3)C2. The number of rotatable bonds is 5. The van der Waals surface area contributed by atoms with Gasteiger partial charge in [0.15, 0.2) is 0 Å². The minimum absolute atomic E-state index is 0.0163. The van der Waals surface area contributed by atoms with Crippen LogP contribution in [0.5, 0.6) is 5.75 Å². The highest BCUT2D eigenvalue weighted by Crippen LogP contribution is 2.65. The minimum Gasteiger partial charge on any atom is -0.506 e. The van der Waals surface area contributed by atoms with E-state index < -0.39 is 17.1 Å². The Kier molecular flexibility index (Phi) is 4.75. The molecule has 1 aromatic heterocycles. The smallest absolute Gasteiger partial charge is 0.303 e. The first kappa shape index (κ1) is 20.6. The molecule has 4 aliphatic rings. The Morgan fingerprint density at radius 3 is 2.58 bits per heavy atom. The fourth-order valence-electron chi connectivity index (χ4n) is 6.79. The third kappa shape index (κ3) is 3.48. The highest BCUT2D eigenvalue weighted by Gasteiger charge is 2.59. The van der Waals surface area contributed by atoms with Crippen LogP contribution in [0.2, 0.25) is 10.0 Å². The van der Waals surface area contributed by atoms with Crippen LogP contribution >= 0.6 is 23.2 Å². The standard InChI is InChI=1S/C22H23Cl2N3O4/c23-14-1-2-17(28)15(4-14)26-16-10-25-27(20(31)19(16)24)22-7-12-3-13(8-22)6-21(5-12,11-22)9-18(29)30/h1-2,4,10,12-13,26,28H,3,5-9,11H2,(H,29,30)/t12-,13-,21?,22?/m1/s1. The highest BCUT2D eigenvalue weighted by atomic mass is 35.5. The molecular formula is C22H23Cl2N3O4. The quantitative estimate of drug-likeness (QED) is 0.551. The van der Waals surface area contributed by atoms with Crippen molar-refractivity contribution in [2.24, 2.45) is 17.3 Å². The number of carbonyl (C=O) groups is 1. The highest BCUT2D eigenvalue weighted by molar-refractivity contribution is 6.33. The molecule has 4 aliphatic carbocycles. The fourth-order valence-corrected chi connectivity index (χ4v) is 7.14. The second-order valence-corrected chi connectivity index (χ2v) is 10.4. The maximum atomic E-state index is 13.3. The first-order valence-electron chi connectivity index (χ1n) is 10.4. The molecule has 1 aromatic carbocycles. The van der Waals surface area contributed by atoms with Crippen LogP contribution in [0.15, 0.2) is 29.2 Å². The lowest BCUT2D eigenvalue weighted by Crippen LogP contribution is -2.59. The number of nitrogens with zero attached hydrogens (tertiary/aromatic N) is 2. The minimum atomic E-state index is -0.781. The summed E-state index contributed by atoms with van der Waals surface area (Å²) in [5.74, 6) is 0.0150. The van der Waals surface area contributed by atoms with Crippen LogP contribution in [0.4, 0.5) is 11.4 Å². The molecule has 164 valence electrons. The van der Waals surface area contributed by atoms with Gasteiger partial charge in [-0.3, -0.25) is 9.59 Å². The number of halogens is 2. The number of phenols is 1. The molecule has 0 unspecified atom stereocenters. The van der Waals surface area contributed by atoms with E-state index in [2.05, 4.69) is 10.4 Å². The van der Waals surface area contributed by atoms with E-state index in [-0.39, 0.29) is 28.3 Å². The van der Waals surface area contributed by atoms with E-state index in [1.165, 1.54) is 23.0 Å². The molecular weight excluding hydrogens is 441 g/mol. The van der Waals surface area contributed by atoms with Gasteiger partial charge in [0.2, 0.25) is 0 Å². The van der Waals surface area contributed by atoms with Crippen molar-refractivity contribution < 1.29 is 15.0 Å². The van der Waals surface area contributed by atoms with E-state index in [1.54, 1.807) is 6.07 Å². The van der Waals surface area contributed by atoms with E-state index in [1.807, 2.05) is 0 Å². The topological polar surface area (TPSA) is 104 Å². The van der Waals surface area contributed by atoms with Gasteiger partial charge in [0.25, 0.3) is 5.56 Å². The summed E-state index contributed by atoms with van der Waals surface area (Å²) in [6.07, 6.45) is 6.85. The second-order valence-electron chi connectivity index (χ2n) is 9.63. The lowest BCUT2D eigenvalue weighted by molar-refractivity contribution is -0.151. The van der Waals surface area contributed by atoms with Crippen molar-refractivity contribution in [3.63, 3.8) is 0 Å². The Morgan fingerprint density at radius 1 is 1.19 bits per heavy atom. The van der Waals surface area contributed by atoms with Gasteiger partial charge in [-0.1, -0.05) is 23.2 Å². The Bertz CT molecular complexity index is 1120. The Hall–Kier alpha value is -2.25. The van der Waals surface area contributed by atoms with Crippen LogP contribution < -0.4 is 10.9 Å². The lowest BCUT2D eigenvalue weighted by Gasteiger charge is -2.61. The zero-order chi connectivity index (χ0) is 22.0. The van der Waals surface area contributed by atoms with Crippen molar-refractivity contribution in [2.75, 3.05) is 5.32 Å². The van der Waals surface area contributed by atoms with Crippen LogP contribution in [-0.2, 0) is 10.3 Å². The molecule has 3 N–H and O–H groups in total. The van der Waals surface area contributed by atoms with Gasteiger partial charge in [-0.2, -0.15) is 5.10 Å². The van der Waals surface area contributed by atoms with Gasteiger partial charge in [-0.15, -0.1) is 0 Å². The molecule has 7 nitrogen and oxygen atoms in total. The van der Waals surface area contributed by atoms with Gasteiger partial charge >= 0.3 is 5.97 Å². The predicted octanol–water partition coefficient (Wildman–Crippen LogP) is 4.77. The number of aromatic nitrogens is 2. The zero-order valence-electron chi connectivity index (χ0n) is 16.8. The number of anilines is 2. The van der Waals surface area contributed by atoms with Gasteiger partial charge < -0.3 is 15.5 Å². The Labute approximate surface area is 189 Å². The summed E-state index contributed by atoms with van der Waals surface area (Å²) in [5.41, 5.74) is -0.557. The number of phenolic OH excluding ortho intramolecular Hbond substituents is 1. The number of carboxylic acids is 1. The molecule has 9 heteroatoms. The first-order chi connectivity index (χ1) is 14.7. The van der Waals surface area contributed by atoms with Gasteiger partial charge in [0.05, 0.1) is 29.5 Å². The van der Waals surface area contributed by atoms with Crippen LogP contribution in [0.1, 0.15) is 44.9 Å². The molecule has 4 saturated carbocycles. The second kappa shape index (κ2) is 7.14. The summed E-state index contributed by atoms with van der Waals surface area (Å²) in [7, 11) is 0. The average Bonchev–Trinajstić information content (AvgIpc) is 2.66. The van der Waals surface area contributed by atoms with Gasteiger partial charge in [0.1, 0.15) is 10.8 Å². The summed E-state index contributed by atoms with van der Waals surface area (Å²) in [5, 5.41) is 27.4. The maximum absolute atomic E-state index is 13.3. The predicted molar refractivity (Wildman–Crippen MR) is 117 cm³/mol. The largest absolute Gasteiger partial charge is 0.506 e. The summed E-state index contributed by atoms with van der Waals surface area (Å²) in [6, 6.07) is 4.54. The van der Waals surface area contributed by atoms with Crippen LogP contribution in [0.3, 0.4) is 0 Å². The van der Waals surface area contributed by atoms with E-state index in [0.29, 0.717) is 29.0 Å². The van der Waals surface area contributed by atoms with Crippen molar-refractivity contribution in [3.8, 4) is 5.75 Å². The first-order valence-corrected chi connectivity index (χ1v) is 11.2. The van der Waals surface area contributed by atoms with E-state index in [4.69, 9.17) is 23.2 Å². The third-order valence-electron chi connectivity index (χ3n) is 7.27. The number of hydrogen-bond donors (Lipinski definition) is 3. The average molecular weight is 464 g/mol. The maximum Gasteiger partial charge on any atom is 0.303 e. The molecule has 6 rings (SSSR count). The molecule has 4 fully saturated rings. The van der Waals surface area contributed by atoms with E-state index in [0.717, 1.165) is 32.1 Å². The van der Waals surface area contributed by atoms with Crippen molar-refractivity contribution in [2.45, 2.75) is 50.5 Å². The van der Waals surface area contributed by atoms with Crippen LogP contribution in [0, 0.1) is 17.3 Å². The number of aromatic hydroxyl groups is 1. The molecule has 0 aliphatic heterocycles. The molecule has 0 radical (unpaired) electrons. The summed E-state index contributed by atoms with van der Waals surface area (Å²) < 4.78 is 1.51. The molecule has 2 atom stereocenters. The Morgan fingerprint density at radius 2 is 1.90 bits per heavy atom. The van der Waals surface area contributed by atoms with Crippen molar-refractivity contribution in [1.82, 2.24) is 9.78 Å². The van der Waals surface area contributed by atoms with Gasteiger partial charge in [0, 0.05) is 5.02 Å². The van der Waals surface area contributed by atoms with Crippen molar-refractivity contribution in [1.29, 1.82) is 0 Å². The number of aliphatic carboxylic acids is 1. The van der Waals surface area contributed by atoms with Crippen LogP contribution in [-0.4, -0.2) is 26.0 Å². The number of hydrogen-bond acceptors (Lipinski definition) is 5. The normalized spacial score (nSPS) is 31.0. The van der Waals surface area contributed by atoms with E-state index >= 15 is 0 Å². The molecule has 0 spiro atoms. The molecule has 1 heterocycles. The monoisotopic (exact) mass is 463 g/mol. The van der Waals surface area contributed by atoms with Gasteiger partial charge in [-0.05, 0) is 74.0 Å². The molecule has 2 aromatic rings. The Balaban J connectivity index is 1.51. The van der Waals surface area contributed by atoms with Crippen molar-refractivity contribution in [3.05, 3.63) is 44.8 Å². The van der Waals surface area contributed by atoms with E-state index in [9.17, 15) is 19.8 Å². The molecule has 0 amide bonds. The zero-order valence-corrected chi connectivity index (χ0v) is 18.3. The number of carboxylic acid groups (broad SMARTS) is 1. The fraction of sp³-hybridized carbons (Fsp3) is 0.500. The summed E-state index contributed by atoms with van der Waals surface area (Å²) >= 11 is 12.5. The summed E-state index contributed by atoms with van der Waals surface area (Å²) in [4.78, 5) is 24.9. The number of nitrogens with one attached hydrogen (secondary N) is 1. The molecule has 31 heavy (non-hydrogen) atoms. The molecule has 4 bridgehead atoms. The summed E-state index contributed by atoms with van der Waals surface area (Å²) in [6.45, 7) is 0. The molecule has 0 saturated heterocycles. The lowest BCUT2D eigenvalue weighted by atomic mass is 9.46. The third-order valence-corrected chi connectivity index (χ3v) is 7.87. The van der Waals surface area contributed by atoms with Crippen LogP contribution in [0.25, 0.3) is 0 Å². The van der Waals surface area contributed by atoms with Gasteiger partial charge in [-0.25, -0.2) is 4.68 Å². The van der Waals surface area contributed by atoms with Crippen molar-refractivity contribution >= 4 is 40.5 Å².